The molecule has 0 aromatic carbocycles. The largest absolute Gasteiger partial charge is 0.463 e. The molecule has 0 rings (SSSR count). The summed E-state index contributed by atoms with van der Waals surface area (Å²) in [7, 11) is 0. The smallest absolute Gasteiger partial charge is 0.302 e. The van der Waals surface area contributed by atoms with Crippen LogP contribution >= 0.6 is 0 Å². The third kappa shape index (κ3) is 21.0. The molecule has 0 aliphatic rings. The third-order valence-corrected chi connectivity index (χ3v) is 4.51. The molecule has 4 nitrogen and oxygen atoms in total. The lowest BCUT2D eigenvalue weighted by atomic mass is 10.0. The molecule has 0 bridgehead atoms. The molecule has 0 aliphatic heterocycles. The molecule has 2 N–H and O–H groups in total. The van der Waals surface area contributed by atoms with Gasteiger partial charge in [-0.15, -0.1) is 0 Å². The van der Waals surface area contributed by atoms with Crippen LogP contribution in [-0.4, -0.2) is 35.0 Å². The van der Waals surface area contributed by atoms with Crippen LogP contribution in [0.15, 0.2) is 24.3 Å². The molecule has 0 fully saturated rings. The lowest BCUT2D eigenvalue weighted by Crippen LogP contribution is -2.23. The summed E-state index contributed by atoms with van der Waals surface area (Å²) in [6.07, 6.45) is 21.8. The zero-order chi connectivity index (χ0) is 20.2. The summed E-state index contributed by atoms with van der Waals surface area (Å²) in [4.78, 5) is 10.7. The first-order valence-corrected chi connectivity index (χ1v) is 10.9. The molecule has 2 unspecified atom stereocenters. The summed E-state index contributed by atoms with van der Waals surface area (Å²) in [6.45, 7) is 3.51. The molecule has 0 heterocycles. The van der Waals surface area contributed by atoms with Crippen molar-refractivity contribution >= 4 is 5.97 Å². The number of carbonyl (C=O) groups excluding carboxylic acids is 1. The second-order valence-corrected chi connectivity index (χ2v) is 7.37. The van der Waals surface area contributed by atoms with Gasteiger partial charge in [0.25, 0.3) is 0 Å². The minimum Gasteiger partial charge on any atom is -0.463 e. The number of ether oxygens (including phenoxy) is 1. The van der Waals surface area contributed by atoms with Gasteiger partial charge in [-0.25, -0.2) is 0 Å². The Balaban J connectivity index is 3.39. The van der Waals surface area contributed by atoms with Crippen LogP contribution in [0.2, 0.25) is 0 Å². The quantitative estimate of drug-likeness (QED) is 0.187. The monoisotopic (exact) mass is 382 g/mol. The maximum absolute atomic E-state index is 10.7. The predicted octanol–water partition coefficient (Wildman–Crippen LogP) is 5.47. The molecule has 0 saturated carbocycles. The first kappa shape index (κ1) is 25.9. The number of rotatable bonds is 18. The molecule has 0 aromatic rings. The standard InChI is InChI=1S/C23H42O4/c1-3-4-5-6-7-8-9-10-11-12-13-14-15-16-17-18-22(25)19-23(26)20-27-21(2)24/h7-8,10-11,22-23,25-26H,3-6,9,12-20H2,1-2H3/b8-7+,11-10+. The second-order valence-electron chi connectivity index (χ2n) is 7.37. The van der Waals surface area contributed by atoms with Gasteiger partial charge in [0.15, 0.2) is 0 Å². The van der Waals surface area contributed by atoms with Gasteiger partial charge in [-0.05, 0) is 38.5 Å². The minimum absolute atomic E-state index is 0.0332. The van der Waals surface area contributed by atoms with E-state index in [9.17, 15) is 15.0 Å². The molecule has 0 aromatic heterocycles. The highest BCUT2D eigenvalue weighted by Gasteiger charge is 2.12. The van der Waals surface area contributed by atoms with E-state index in [1.54, 1.807) is 0 Å². The normalized spacial score (nSPS) is 14.1. The van der Waals surface area contributed by atoms with Crippen LogP contribution in [0.4, 0.5) is 0 Å². The zero-order valence-corrected chi connectivity index (χ0v) is 17.6. The SMILES string of the molecule is CCCCC/C=C/C/C=C/CCCCCCCC(O)CC(O)COC(C)=O. The topological polar surface area (TPSA) is 66.8 Å². The first-order chi connectivity index (χ1) is 13.1. The summed E-state index contributed by atoms with van der Waals surface area (Å²) in [5, 5.41) is 19.5. The van der Waals surface area contributed by atoms with Crippen molar-refractivity contribution in [1.82, 2.24) is 0 Å². The molecular weight excluding hydrogens is 340 g/mol. The first-order valence-electron chi connectivity index (χ1n) is 10.9. The molecule has 158 valence electrons. The maximum Gasteiger partial charge on any atom is 0.302 e. The Labute approximate surface area is 166 Å². The predicted molar refractivity (Wildman–Crippen MR) is 113 cm³/mol. The summed E-state index contributed by atoms with van der Waals surface area (Å²) in [6, 6.07) is 0. The minimum atomic E-state index is -0.776. The number of hydrogen-bond acceptors (Lipinski definition) is 4. The Morgan fingerprint density at radius 1 is 0.852 bits per heavy atom. The van der Waals surface area contributed by atoms with E-state index in [0.29, 0.717) is 6.42 Å². The molecule has 0 spiro atoms. The van der Waals surface area contributed by atoms with E-state index in [1.807, 2.05) is 0 Å². The van der Waals surface area contributed by atoms with Crippen LogP contribution in [0, 0.1) is 0 Å². The van der Waals surface area contributed by atoms with Crippen LogP contribution in [0.1, 0.15) is 97.3 Å². The summed E-state index contributed by atoms with van der Waals surface area (Å²) < 4.78 is 4.73. The summed E-state index contributed by atoms with van der Waals surface area (Å²) >= 11 is 0. The zero-order valence-electron chi connectivity index (χ0n) is 17.6. The van der Waals surface area contributed by atoms with Gasteiger partial charge in [0, 0.05) is 13.3 Å². The molecule has 0 saturated heterocycles. The van der Waals surface area contributed by atoms with Gasteiger partial charge in [-0.3, -0.25) is 4.79 Å². The fourth-order valence-electron chi connectivity index (χ4n) is 2.90. The van der Waals surface area contributed by atoms with Gasteiger partial charge in [0.2, 0.25) is 0 Å². The van der Waals surface area contributed by atoms with Crippen molar-refractivity contribution in [2.45, 2.75) is 110 Å². The summed E-state index contributed by atoms with van der Waals surface area (Å²) in [5.41, 5.74) is 0. The van der Waals surface area contributed by atoms with Gasteiger partial charge in [-0.1, -0.05) is 69.8 Å². The van der Waals surface area contributed by atoms with E-state index in [0.717, 1.165) is 25.7 Å². The average molecular weight is 383 g/mol. The van der Waals surface area contributed by atoms with E-state index in [1.165, 1.54) is 51.9 Å². The number of aliphatic hydroxyl groups is 2. The number of unbranched alkanes of at least 4 members (excludes halogenated alkanes) is 8. The highest BCUT2D eigenvalue weighted by Crippen LogP contribution is 2.12. The molecule has 0 amide bonds. The van der Waals surface area contributed by atoms with Gasteiger partial charge in [0.05, 0.1) is 12.2 Å². The lowest BCUT2D eigenvalue weighted by Gasteiger charge is -2.15. The van der Waals surface area contributed by atoms with Crippen LogP contribution in [0.25, 0.3) is 0 Å². The molecule has 0 aliphatic carbocycles. The van der Waals surface area contributed by atoms with Crippen molar-refractivity contribution in [2.75, 3.05) is 6.61 Å². The van der Waals surface area contributed by atoms with Crippen molar-refractivity contribution in [1.29, 1.82) is 0 Å². The maximum atomic E-state index is 10.7. The third-order valence-electron chi connectivity index (χ3n) is 4.51. The molecule has 27 heavy (non-hydrogen) atoms. The second kappa shape index (κ2) is 19.6. The van der Waals surface area contributed by atoms with E-state index in [4.69, 9.17) is 4.74 Å². The van der Waals surface area contributed by atoms with Crippen LogP contribution in [0.5, 0.6) is 0 Å². The Morgan fingerprint density at radius 2 is 1.44 bits per heavy atom. The number of carbonyl (C=O) groups is 1. The number of hydrogen-bond donors (Lipinski definition) is 2. The Hall–Kier alpha value is -1.13. The van der Waals surface area contributed by atoms with E-state index < -0.39 is 18.2 Å². The fourth-order valence-corrected chi connectivity index (χ4v) is 2.90. The molecule has 4 heteroatoms. The Morgan fingerprint density at radius 3 is 2.07 bits per heavy atom. The van der Waals surface area contributed by atoms with Crippen LogP contribution in [-0.2, 0) is 9.53 Å². The number of esters is 1. The van der Waals surface area contributed by atoms with Gasteiger partial charge in [-0.2, -0.15) is 0 Å². The van der Waals surface area contributed by atoms with Crippen molar-refractivity contribution < 1.29 is 19.7 Å². The highest BCUT2D eigenvalue weighted by atomic mass is 16.5. The van der Waals surface area contributed by atoms with Crippen molar-refractivity contribution in [3.8, 4) is 0 Å². The van der Waals surface area contributed by atoms with Crippen LogP contribution < -0.4 is 0 Å². The average Bonchev–Trinajstić information content (AvgIpc) is 2.63. The lowest BCUT2D eigenvalue weighted by molar-refractivity contribution is -0.144. The fraction of sp³-hybridized carbons (Fsp3) is 0.783. The van der Waals surface area contributed by atoms with Gasteiger partial charge in [0.1, 0.15) is 6.61 Å². The Bertz CT molecular complexity index is 390. The summed E-state index contributed by atoms with van der Waals surface area (Å²) in [5.74, 6) is -0.405. The molecule has 0 radical (unpaired) electrons. The van der Waals surface area contributed by atoms with E-state index >= 15 is 0 Å². The van der Waals surface area contributed by atoms with Crippen molar-refractivity contribution in [2.24, 2.45) is 0 Å². The highest BCUT2D eigenvalue weighted by molar-refractivity contribution is 5.65. The van der Waals surface area contributed by atoms with Gasteiger partial charge < -0.3 is 14.9 Å². The van der Waals surface area contributed by atoms with E-state index in [-0.39, 0.29) is 13.0 Å². The number of allylic oxidation sites excluding steroid dienone is 4. The van der Waals surface area contributed by atoms with Crippen molar-refractivity contribution in [3.63, 3.8) is 0 Å². The van der Waals surface area contributed by atoms with E-state index in [2.05, 4.69) is 31.2 Å². The van der Waals surface area contributed by atoms with Crippen molar-refractivity contribution in [3.05, 3.63) is 24.3 Å². The molecular formula is C23H42O4. The van der Waals surface area contributed by atoms with Crippen LogP contribution in [0.3, 0.4) is 0 Å². The Kier molecular flexibility index (Phi) is 18.8. The molecule has 2 atom stereocenters. The van der Waals surface area contributed by atoms with Gasteiger partial charge >= 0.3 is 5.97 Å². The number of aliphatic hydroxyl groups excluding tert-OH is 2.